The topological polar surface area (TPSA) is 149 Å². The summed E-state index contributed by atoms with van der Waals surface area (Å²) in [7, 11) is -4.16. The van der Waals surface area contributed by atoms with Crippen molar-refractivity contribution in [2.75, 3.05) is 25.6 Å². The number of nitrogens with zero attached hydrogens (tertiary/aromatic N) is 2. The van der Waals surface area contributed by atoms with E-state index in [-0.39, 0.29) is 24.0 Å². The minimum absolute atomic E-state index is 0.0104. The van der Waals surface area contributed by atoms with Gasteiger partial charge in [-0.15, -0.1) is 11.3 Å². The van der Waals surface area contributed by atoms with Crippen LogP contribution >= 0.6 is 19.2 Å². The first-order valence-corrected chi connectivity index (χ1v) is 10.6. The maximum Gasteiger partial charge on any atom is 0.532 e. The van der Waals surface area contributed by atoms with Gasteiger partial charge in [-0.2, -0.15) is 0 Å². The van der Waals surface area contributed by atoms with Crippen LogP contribution in [0.2, 0.25) is 0 Å². The van der Waals surface area contributed by atoms with E-state index in [4.69, 9.17) is 28.9 Å². The van der Waals surface area contributed by atoms with E-state index in [2.05, 4.69) is 10.1 Å². The van der Waals surface area contributed by atoms with Crippen LogP contribution in [0.3, 0.4) is 0 Å². The number of carbonyl (C=O) groups is 2. The smallest absolute Gasteiger partial charge is 0.457 e. The van der Waals surface area contributed by atoms with Crippen molar-refractivity contribution in [2.45, 2.75) is 40.2 Å². The molecule has 28 heavy (non-hydrogen) atoms. The summed E-state index contributed by atoms with van der Waals surface area (Å²) in [4.78, 5) is 33.0. The van der Waals surface area contributed by atoms with Crippen LogP contribution in [0.5, 0.6) is 0 Å². The molecule has 1 aromatic rings. The normalized spacial score (nSPS) is 12.5. The Morgan fingerprint density at radius 1 is 1.25 bits per heavy atom. The van der Waals surface area contributed by atoms with Crippen LogP contribution in [-0.4, -0.2) is 48.1 Å². The van der Waals surface area contributed by atoms with Gasteiger partial charge < -0.3 is 19.8 Å². The van der Waals surface area contributed by atoms with Gasteiger partial charge in [-0.3, -0.25) is 9.05 Å². The van der Waals surface area contributed by atoms with Crippen molar-refractivity contribution in [1.29, 1.82) is 0 Å². The highest BCUT2D eigenvalue weighted by Crippen LogP contribution is 2.49. The Hall–Kier alpha value is -2.01. The van der Waals surface area contributed by atoms with E-state index in [1.807, 2.05) is 0 Å². The molecule has 0 radical (unpaired) electrons. The molecule has 0 fully saturated rings. The second kappa shape index (κ2) is 10.5. The summed E-state index contributed by atoms with van der Waals surface area (Å²) < 4.78 is 32.1. The zero-order valence-corrected chi connectivity index (χ0v) is 18.0. The molecule has 1 aromatic heterocycles. The molecule has 1 heterocycles. The molecule has 13 heteroatoms. The summed E-state index contributed by atoms with van der Waals surface area (Å²) in [6.45, 7) is 7.57. The molecule has 0 aliphatic carbocycles. The fourth-order valence-electron chi connectivity index (χ4n) is 1.66. The zero-order chi connectivity index (χ0) is 21.4. The summed E-state index contributed by atoms with van der Waals surface area (Å²) in [5, 5.41) is 5.15. The molecular weight excluding hydrogens is 413 g/mol. The summed E-state index contributed by atoms with van der Waals surface area (Å²) >= 11 is 1.04. The Morgan fingerprint density at radius 3 is 2.32 bits per heavy atom. The van der Waals surface area contributed by atoms with Gasteiger partial charge in [-0.25, -0.2) is 19.1 Å². The maximum absolute atomic E-state index is 12.5. The highest BCUT2D eigenvalue weighted by molar-refractivity contribution is 7.49. The Bertz CT molecular complexity index is 749. The Morgan fingerprint density at radius 2 is 1.86 bits per heavy atom. The molecule has 11 nitrogen and oxygen atoms in total. The molecule has 0 saturated heterocycles. The largest absolute Gasteiger partial charge is 0.532 e. The third-order valence-electron chi connectivity index (χ3n) is 2.49. The number of oxime groups is 1. The number of hydrogen-bond donors (Lipinski definition) is 1. The monoisotopic (exact) mass is 437 g/mol. The van der Waals surface area contributed by atoms with Crippen molar-refractivity contribution >= 4 is 41.9 Å². The van der Waals surface area contributed by atoms with Crippen LogP contribution in [-0.2, 0) is 37.3 Å². The lowest BCUT2D eigenvalue weighted by Crippen LogP contribution is -2.26. The van der Waals surface area contributed by atoms with Gasteiger partial charge in [0.05, 0.1) is 13.2 Å². The molecule has 0 aliphatic heterocycles. The highest BCUT2D eigenvalue weighted by atomic mass is 32.1. The van der Waals surface area contributed by atoms with E-state index in [0.717, 1.165) is 11.3 Å². The van der Waals surface area contributed by atoms with E-state index in [9.17, 15) is 14.2 Å². The molecule has 0 saturated carbocycles. The number of esters is 1. The lowest BCUT2D eigenvalue weighted by molar-refractivity contribution is -0.160. The molecule has 158 valence electrons. The average Bonchev–Trinajstić information content (AvgIpc) is 2.96. The number of ether oxygens (including phenoxy) is 1. The van der Waals surface area contributed by atoms with Gasteiger partial charge in [0.1, 0.15) is 11.3 Å². The van der Waals surface area contributed by atoms with Gasteiger partial charge in [0.25, 0.3) is 0 Å². The van der Waals surface area contributed by atoms with Crippen molar-refractivity contribution in [3.05, 3.63) is 11.1 Å². The van der Waals surface area contributed by atoms with Crippen molar-refractivity contribution in [3.63, 3.8) is 0 Å². The average molecular weight is 437 g/mol. The molecule has 1 rings (SSSR count). The highest BCUT2D eigenvalue weighted by Gasteiger charge is 2.34. The van der Waals surface area contributed by atoms with Crippen molar-refractivity contribution in [1.82, 2.24) is 4.98 Å². The van der Waals surface area contributed by atoms with Gasteiger partial charge in [-0.05, 0) is 34.6 Å². The Balaban J connectivity index is 2.98. The number of nitrogen functional groups attached to an aromatic ring is 1. The quantitative estimate of drug-likeness (QED) is 0.250. The molecule has 0 aromatic carbocycles. The van der Waals surface area contributed by atoms with Gasteiger partial charge in [0.2, 0.25) is 12.3 Å². The van der Waals surface area contributed by atoms with Crippen LogP contribution in [0.4, 0.5) is 5.13 Å². The predicted molar refractivity (Wildman–Crippen MR) is 102 cm³/mol. The van der Waals surface area contributed by atoms with Crippen LogP contribution in [0.1, 0.15) is 40.3 Å². The van der Waals surface area contributed by atoms with Crippen molar-refractivity contribution in [2.24, 2.45) is 5.16 Å². The third kappa shape index (κ3) is 8.34. The van der Waals surface area contributed by atoms with Crippen LogP contribution in [0.15, 0.2) is 10.5 Å². The number of phosphoric ester groups is 1. The first-order chi connectivity index (χ1) is 13.0. The fraction of sp³-hybridized carbons (Fsp3) is 0.600. The van der Waals surface area contributed by atoms with Gasteiger partial charge in [-0.1, -0.05) is 5.16 Å². The fourth-order valence-corrected chi connectivity index (χ4v) is 3.31. The van der Waals surface area contributed by atoms with Crippen LogP contribution in [0, 0.1) is 0 Å². The van der Waals surface area contributed by atoms with Gasteiger partial charge in [0.15, 0.2) is 5.13 Å². The van der Waals surface area contributed by atoms with E-state index >= 15 is 0 Å². The van der Waals surface area contributed by atoms with Crippen LogP contribution < -0.4 is 5.73 Å². The molecule has 2 N–H and O–H groups in total. The second-order valence-electron chi connectivity index (χ2n) is 6.03. The lowest BCUT2D eigenvalue weighted by Gasteiger charge is -2.18. The second-order valence-corrected chi connectivity index (χ2v) is 8.52. The van der Waals surface area contributed by atoms with Crippen molar-refractivity contribution in [3.8, 4) is 0 Å². The lowest BCUT2D eigenvalue weighted by atomic mass is 10.2. The number of rotatable bonds is 10. The van der Waals surface area contributed by atoms with E-state index < -0.39 is 37.7 Å². The zero-order valence-electron chi connectivity index (χ0n) is 16.3. The number of phosphoric acid groups is 1. The first kappa shape index (κ1) is 24.0. The Labute approximate surface area is 166 Å². The number of anilines is 1. The summed E-state index contributed by atoms with van der Waals surface area (Å²) in [6, 6.07) is 0. The molecule has 0 aliphatic rings. The summed E-state index contributed by atoms with van der Waals surface area (Å²) in [6.07, 6.45) is 0. The summed E-state index contributed by atoms with van der Waals surface area (Å²) in [5.41, 5.74) is 4.40. The number of aromatic nitrogens is 1. The molecule has 0 atom stereocenters. The standard InChI is InChI=1S/C15H24N3O8PS/c1-6-23-27(21,24-7-2)26-13(20)12(10-9-28-14(16)17-10)18-22-8-11(19)25-15(3,4)5/h9H,6-8H2,1-5H3,(H2,16,17)/b18-12-. The number of hydrogen-bond acceptors (Lipinski definition) is 12. The number of thiazole rings is 1. The predicted octanol–water partition coefficient (Wildman–Crippen LogP) is 2.51. The van der Waals surface area contributed by atoms with E-state index in [0.29, 0.717) is 0 Å². The molecule has 0 unspecified atom stereocenters. The van der Waals surface area contributed by atoms with E-state index in [1.165, 1.54) is 5.38 Å². The summed E-state index contributed by atoms with van der Waals surface area (Å²) in [5.74, 6) is -1.88. The first-order valence-electron chi connectivity index (χ1n) is 8.26. The van der Waals surface area contributed by atoms with Crippen molar-refractivity contribution < 1.29 is 37.3 Å². The van der Waals surface area contributed by atoms with Gasteiger partial charge >= 0.3 is 19.8 Å². The maximum atomic E-state index is 12.5. The minimum atomic E-state index is -4.16. The Kier molecular flexibility index (Phi) is 9.02. The number of nitrogens with two attached hydrogens (primary N) is 1. The SMILES string of the molecule is CCOP(=O)(OCC)OC(=O)/C(=N\OCC(=O)OC(C)(C)C)c1csc(N)n1. The minimum Gasteiger partial charge on any atom is -0.457 e. The number of carbonyl (C=O) groups excluding carboxylic acids is 2. The third-order valence-corrected chi connectivity index (χ3v) is 4.70. The van der Waals surface area contributed by atoms with Gasteiger partial charge in [0, 0.05) is 5.38 Å². The van der Waals surface area contributed by atoms with E-state index in [1.54, 1.807) is 34.6 Å². The molecule has 0 bridgehead atoms. The van der Waals surface area contributed by atoms with Crippen LogP contribution in [0.25, 0.3) is 0 Å². The molecule has 0 amide bonds. The molecule has 0 spiro atoms. The molecular formula is C15H24N3O8PS.